The van der Waals surface area contributed by atoms with Gasteiger partial charge in [0.25, 0.3) is 0 Å². The van der Waals surface area contributed by atoms with E-state index >= 15 is 0 Å². The monoisotopic (exact) mass is 295 g/mol. The van der Waals surface area contributed by atoms with Crippen LogP contribution in [0.15, 0.2) is 33.6 Å². The minimum atomic E-state index is -4.29. The van der Waals surface area contributed by atoms with Crippen molar-refractivity contribution in [1.82, 2.24) is 0 Å². The van der Waals surface area contributed by atoms with Crippen molar-refractivity contribution in [3.63, 3.8) is 0 Å². The van der Waals surface area contributed by atoms with Gasteiger partial charge in [-0.05, 0) is 24.3 Å². The summed E-state index contributed by atoms with van der Waals surface area (Å²) in [4.78, 5) is -0.208. The van der Waals surface area contributed by atoms with Crippen LogP contribution >= 0.6 is 15.9 Å². The number of halogens is 1. The van der Waals surface area contributed by atoms with Gasteiger partial charge in [-0.25, -0.2) is 8.42 Å². The van der Waals surface area contributed by atoms with E-state index in [1.54, 1.807) is 0 Å². The van der Waals surface area contributed by atoms with Gasteiger partial charge in [-0.1, -0.05) is 15.9 Å². The van der Waals surface area contributed by atoms with Crippen molar-refractivity contribution < 1.29 is 18.4 Å². The predicted octanol–water partition coefficient (Wildman–Crippen LogP) is -1.63. The zero-order chi connectivity index (χ0) is 12.1. The Labute approximate surface area is 95.7 Å². The second-order valence-corrected chi connectivity index (χ2v) is 4.70. The third kappa shape index (κ3) is 6.89. The van der Waals surface area contributed by atoms with Crippen LogP contribution in [0.3, 0.4) is 0 Å². The Kier molecular flexibility index (Phi) is 5.26. The second kappa shape index (κ2) is 5.69. The van der Waals surface area contributed by atoms with E-state index in [1.807, 2.05) is 0 Å². The van der Waals surface area contributed by atoms with Crippen molar-refractivity contribution >= 4 is 32.0 Å². The first kappa shape index (κ1) is 13.9. The van der Waals surface area contributed by atoms with Gasteiger partial charge in [-0.15, -0.1) is 0 Å². The molecule has 6 nitrogen and oxygen atoms in total. The summed E-state index contributed by atoms with van der Waals surface area (Å²) < 4.78 is 31.9. The molecule has 0 spiro atoms. The molecule has 0 amide bonds. The molecule has 1 aromatic rings. The van der Waals surface area contributed by atoms with Crippen molar-refractivity contribution in [2.45, 2.75) is 4.90 Å². The molecule has 0 radical (unpaired) electrons. The molecular formula is C7H10BrN3O3S. The predicted molar refractivity (Wildman–Crippen MR) is 57.4 cm³/mol. The number of rotatable bonds is 1. The fourth-order valence-corrected chi connectivity index (χ4v) is 1.34. The molecule has 0 aliphatic rings. The lowest BCUT2D eigenvalue weighted by molar-refractivity contribution is -0.116. The van der Waals surface area contributed by atoms with Crippen molar-refractivity contribution in [2.75, 3.05) is 0 Å². The molecule has 0 bridgehead atoms. The van der Waals surface area contributed by atoms with Gasteiger partial charge in [-0.2, -0.15) is 0 Å². The lowest BCUT2D eigenvalue weighted by Crippen LogP contribution is -2.51. The van der Waals surface area contributed by atoms with Gasteiger partial charge in [0, 0.05) is 4.47 Å². The smallest absolute Gasteiger partial charge is 0.336 e. The average molecular weight is 296 g/mol. The molecule has 0 saturated heterocycles. The van der Waals surface area contributed by atoms with Crippen LogP contribution in [-0.4, -0.2) is 18.9 Å². The normalized spacial score (nSPS) is 10.0. The SMILES string of the molecule is NC(N)=[NH2+].O=S(=O)([O-])c1ccc(Br)cc1. The van der Waals surface area contributed by atoms with E-state index in [1.165, 1.54) is 24.3 Å². The Morgan fingerprint density at radius 3 is 1.87 bits per heavy atom. The van der Waals surface area contributed by atoms with Crippen LogP contribution in [0.25, 0.3) is 0 Å². The van der Waals surface area contributed by atoms with E-state index in [9.17, 15) is 13.0 Å². The summed E-state index contributed by atoms with van der Waals surface area (Å²) >= 11 is 3.12. The molecule has 0 fully saturated rings. The maximum absolute atomic E-state index is 10.4. The van der Waals surface area contributed by atoms with Gasteiger partial charge >= 0.3 is 5.96 Å². The molecule has 6 N–H and O–H groups in total. The molecule has 0 aliphatic heterocycles. The van der Waals surface area contributed by atoms with Crippen LogP contribution in [0.1, 0.15) is 0 Å². The molecule has 0 unspecified atom stereocenters. The van der Waals surface area contributed by atoms with Crippen LogP contribution in [-0.2, 0) is 10.1 Å². The molecule has 0 atom stereocenters. The van der Waals surface area contributed by atoms with Crippen molar-refractivity contribution in [2.24, 2.45) is 11.5 Å². The molecule has 0 aromatic heterocycles. The Morgan fingerprint density at radius 2 is 1.60 bits per heavy atom. The lowest BCUT2D eigenvalue weighted by Gasteiger charge is -2.05. The molecule has 15 heavy (non-hydrogen) atoms. The molecule has 0 saturated carbocycles. The standard InChI is InChI=1S/C6H5BrO3S.CH5N3/c7-5-1-3-6(4-2-5)11(8,9)10;2-1(3)4/h1-4H,(H,8,9,10);(H5,2,3,4). The second-order valence-electron chi connectivity index (χ2n) is 2.41. The number of benzene rings is 1. The van der Waals surface area contributed by atoms with Gasteiger partial charge in [0.2, 0.25) is 0 Å². The van der Waals surface area contributed by atoms with Crippen molar-refractivity contribution in [3.05, 3.63) is 28.7 Å². The number of guanidine groups is 1. The summed E-state index contributed by atoms with van der Waals surface area (Å²) in [5.74, 6) is -0.0833. The summed E-state index contributed by atoms with van der Waals surface area (Å²) in [6.07, 6.45) is 0. The van der Waals surface area contributed by atoms with Crippen LogP contribution in [0.5, 0.6) is 0 Å². The zero-order valence-corrected chi connectivity index (χ0v) is 9.95. The quantitative estimate of drug-likeness (QED) is 0.325. The fraction of sp³-hybridized carbons (Fsp3) is 0. The van der Waals surface area contributed by atoms with Crippen LogP contribution in [0.2, 0.25) is 0 Å². The average Bonchev–Trinajstić information content (AvgIpc) is 2.01. The van der Waals surface area contributed by atoms with Gasteiger partial charge in [-0.3, -0.25) is 16.9 Å². The summed E-state index contributed by atoms with van der Waals surface area (Å²) in [6, 6.07) is 5.52. The molecule has 0 heterocycles. The maximum atomic E-state index is 10.4. The molecule has 1 aromatic carbocycles. The highest BCUT2D eigenvalue weighted by atomic mass is 79.9. The first-order chi connectivity index (χ1) is 6.73. The highest BCUT2D eigenvalue weighted by Crippen LogP contribution is 2.13. The minimum absolute atomic E-state index is 0.0833. The number of nitrogens with two attached hydrogens (primary N) is 3. The van der Waals surface area contributed by atoms with Gasteiger partial charge in [0.15, 0.2) is 0 Å². The van der Waals surface area contributed by atoms with Crippen molar-refractivity contribution in [1.29, 1.82) is 0 Å². The van der Waals surface area contributed by atoms with Crippen LogP contribution < -0.4 is 16.9 Å². The minimum Gasteiger partial charge on any atom is -0.744 e. The van der Waals surface area contributed by atoms with E-state index in [4.69, 9.17) is 0 Å². The molecule has 0 aliphatic carbocycles. The highest BCUT2D eigenvalue weighted by Gasteiger charge is 1.98. The molecule has 1 rings (SSSR count). The first-order valence-corrected chi connectivity index (χ1v) is 5.78. The van der Waals surface area contributed by atoms with Crippen molar-refractivity contribution in [3.8, 4) is 0 Å². The topological polar surface area (TPSA) is 135 Å². The third-order valence-electron chi connectivity index (χ3n) is 1.10. The lowest BCUT2D eigenvalue weighted by atomic mass is 10.4. The summed E-state index contributed by atoms with van der Waals surface area (Å²) in [5.41, 5.74) is 9.17. The van der Waals surface area contributed by atoms with E-state index in [0.29, 0.717) is 0 Å². The summed E-state index contributed by atoms with van der Waals surface area (Å²) in [5, 5.41) is 4.58. The Bertz CT molecular complexity index is 425. The van der Waals surface area contributed by atoms with E-state index < -0.39 is 10.1 Å². The van der Waals surface area contributed by atoms with Gasteiger partial charge in [0.1, 0.15) is 10.1 Å². The molecule has 8 heteroatoms. The Morgan fingerprint density at radius 1 is 1.27 bits per heavy atom. The molecular weight excluding hydrogens is 286 g/mol. The van der Waals surface area contributed by atoms with Crippen LogP contribution in [0.4, 0.5) is 0 Å². The van der Waals surface area contributed by atoms with E-state index in [0.717, 1.165) is 4.47 Å². The Hall–Kier alpha value is -1.12. The number of hydrogen-bond acceptors (Lipinski definition) is 3. The number of hydrogen-bond donors (Lipinski definition) is 3. The van der Waals surface area contributed by atoms with E-state index in [2.05, 4.69) is 32.8 Å². The molecule has 84 valence electrons. The fourth-order valence-electron chi connectivity index (χ4n) is 0.601. The zero-order valence-electron chi connectivity index (χ0n) is 7.55. The van der Waals surface area contributed by atoms with Gasteiger partial charge < -0.3 is 4.55 Å². The largest absolute Gasteiger partial charge is 0.744 e. The summed E-state index contributed by atoms with van der Waals surface area (Å²) in [7, 11) is -4.29. The van der Waals surface area contributed by atoms with E-state index in [-0.39, 0.29) is 10.9 Å². The summed E-state index contributed by atoms with van der Waals surface area (Å²) in [6.45, 7) is 0. The highest BCUT2D eigenvalue weighted by molar-refractivity contribution is 9.10. The third-order valence-corrected chi connectivity index (χ3v) is 2.48. The first-order valence-electron chi connectivity index (χ1n) is 3.58. The maximum Gasteiger partial charge on any atom is 0.336 e. The Balaban J connectivity index is 0.000000423. The van der Waals surface area contributed by atoms with Gasteiger partial charge in [0.05, 0.1) is 4.90 Å². The van der Waals surface area contributed by atoms with Crippen LogP contribution in [0, 0.1) is 0 Å².